The second kappa shape index (κ2) is 5.44. The van der Waals surface area contributed by atoms with Crippen molar-refractivity contribution >= 4 is 24.5 Å². The summed E-state index contributed by atoms with van der Waals surface area (Å²) in [4.78, 5) is 0. The number of fused-ring (bicyclic) bond motifs is 1. The second-order valence-electron chi connectivity index (χ2n) is 4.58. The zero-order valence-electron chi connectivity index (χ0n) is 11.1. The Hall–Kier alpha value is -2.18. The molecular weight excluding hydrogens is 267 g/mol. The van der Waals surface area contributed by atoms with E-state index in [1.165, 1.54) is 5.39 Å². The van der Waals surface area contributed by atoms with Gasteiger partial charge in [-0.25, -0.2) is 0 Å². The molecule has 1 unspecified atom stereocenters. The highest BCUT2D eigenvalue weighted by Crippen LogP contribution is 2.29. The zero-order valence-corrected chi connectivity index (χ0v) is 12.1. The monoisotopic (exact) mass is 281 g/mol. The van der Waals surface area contributed by atoms with Crippen molar-refractivity contribution in [2.75, 3.05) is 7.11 Å². The van der Waals surface area contributed by atoms with Gasteiger partial charge in [0, 0.05) is 0 Å². The first kappa shape index (κ1) is 12.8. The molecule has 0 amide bonds. The molecule has 0 aliphatic carbocycles. The minimum absolute atomic E-state index is 0.442. The lowest BCUT2D eigenvalue weighted by atomic mass is 9.98. The minimum Gasteiger partial charge on any atom is -0.497 e. The van der Waals surface area contributed by atoms with E-state index < -0.39 is 8.46 Å². The lowest BCUT2D eigenvalue weighted by molar-refractivity contribution is 0.415. The summed E-state index contributed by atoms with van der Waals surface area (Å²) < 4.78 is 16.5. The maximum atomic E-state index is 11.3. The summed E-state index contributed by atoms with van der Waals surface area (Å²) >= 11 is 0. The van der Waals surface area contributed by atoms with Gasteiger partial charge in [0.1, 0.15) is 5.75 Å². The lowest BCUT2D eigenvalue weighted by Gasteiger charge is -2.07. The molecule has 3 aromatic carbocycles. The summed E-state index contributed by atoms with van der Waals surface area (Å²) in [6.07, 6.45) is 0. The smallest absolute Gasteiger partial charge is 0.363 e. The Morgan fingerprint density at radius 3 is 2.40 bits per heavy atom. The lowest BCUT2D eigenvalue weighted by Crippen LogP contribution is -1.94. The van der Waals surface area contributed by atoms with E-state index in [0.29, 0.717) is 0 Å². The Labute approximate surface area is 119 Å². The van der Waals surface area contributed by atoms with Crippen LogP contribution < -0.4 is 10.0 Å². The van der Waals surface area contributed by atoms with Crippen LogP contribution in [0.2, 0.25) is 0 Å². The molecule has 1 atom stereocenters. The Bertz CT molecular complexity index is 764. The highest BCUT2D eigenvalue weighted by Gasteiger charge is 2.10. The van der Waals surface area contributed by atoms with Crippen LogP contribution in [0, 0.1) is 0 Å². The largest absolute Gasteiger partial charge is 0.497 e. The highest BCUT2D eigenvalue weighted by atomic mass is 31.1. The first-order valence-electron chi connectivity index (χ1n) is 6.37. The van der Waals surface area contributed by atoms with Gasteiger partial charge in [0.25, 0.3) is 0 Å². The van der Waals surface area contributed by atoms with Crippen LogP contribution in [0.3, 0.4) is 0 Å². The van der Waals surface area contributed by atoms with Crippen molar-refractivity contribution in [1.82, 2.24) is 0 Å². The standard InChI is InChI=1S/C17H13O2P/c1-19-14-8-6-12(7-9-14)17-11-15(20-18)10-13-4-2-3-5-16(13)17/h2-11H,1H3/p+1. The van der Waals surface area contributed by atoms with E-state index in [0.717, 1.165) is 27.6 Å². The molecule has 0 saturated heterocycles. The van der Waals surface area contributed by atoms with Crippen LogP contribution in [0.15, 0.2) is 60.7 Å². The summed E-state index contributed by atoms with van der Waals surface area (Å²) in [5, 5.41) is 3.12. The van der Waals surface area contributed by atoms with Crippen molar-refractivity contribution in [3.8, 4) is 16.9 Å². The summed E-state index contributed by atoms with van der Waals surface area (Å²) in [7, 11) is 1.21. The molecule has 0 saturated carbocycles. The fourth-order valence-electron chi connectivity index (χ4n) is 2.38. The molecule has 0 aliphatic rings. The van der Waals surface area contributed by atoms with Gasteiger partial charge in [-0.15, -0.1) is 0 Å². The quantitative estimate of drug-likeness (QED) is 0.674. The average molecular weight is 281 g/mol. The van der Waals surface area contributed by atoms with E-state index in [1.54, 1.807) is 7.11 Å². The molecule has 0 fully saturated rings. The Morgan fingerprint density at radius 1 is 0.950 bits per heavy atom. The molecule has 0 heterocycles. The van der Waals surface area contributed by atoms with Crippen LogP contribution >= 0.6 is 8.46 Å². The first-order valence-corrected chi connectivity index (χ1v) is 7.28. The van der Waals surface area contributed by atoms with E-state index >= 15 is 0 Å². The third kappa shape index (κ3) is 2.31. The number of benzene rings is 3. The highest BCUT2D eigenvalue weighted by molar-refractivity contribution is 7.34. The van der Waals surface area contributed by atoms with Crippen LogP contribution in [0.25, 0.3) is 21.9 Å². The van der Waals surface area contributed by atoms with Crippen LogP contribution in [-0.4, -0.2) is 7.11 Å². The molecule has 0 aromatic heterocycles. The molecule has 0 aliphatic heterocycles. The van der Waals surface area contributed by atoms with Crippen molar-refractivity contribution in [2.24, 2.45) is 0 Å². The molecule has 3 heteroatoms. The SMILES string of the molecule is COc1ccc(-c2cc([PH+]=O)cc3ccccc23)cc1. The van der Waals surface area contributed by atoms with Crippen molar-refractivity contribution in [2.45, 2.75) is 0 Å². The molecule has 0 radical (unpaired) electrons. The number of ether oxygens (including phenoxy) is 1. The summed E-state index contributed by atoms with van der Waals surface area (Å²) in [6, 6.07) is 20.1. The summed E-state index contributed by atoms with van der Waals surface area (Å²) in [6.45, 7) is 0. The molecular formula is C17H14O2P+. The van der Waals surface area contributed by atoms with Gasteiger partial charge in [-0.3, -0.25) is 0 Å². The van der Waals surface area contributed by atoms with E-state index in [4.69, 9.17) is 4.74 Å². The van der Waals surface area contributed by atoms with Crippen LogP contribution in [0.5, 0.6) is 5.75 Å². The Kier molecular flexibility index (Phi) is 3.49. The fourth-order valence-corrected chi connectivity index (χ4v) is 2.80. The third-order valence-electron chi connectivity index (χ3n) is 3.38. The summed E-state index contributed by atoms with van der Waals surface area (Å²) in [5.74, 6) is 0.833. The van der Waals surface area contributed by atoms with Gasteiger partial charge in [-0.1, -0.05) is 41.0 Å². The Morgan fingerprint density at radius 2 is 1.70 bits per heavy atom. The van der Waals surface area contributed by atoms with Gasteiger partial charge in [-0.05, 0) is 46.2 Å². The van der Waals surface area contributed by atoms with Crippen LogP contribution in [0.4, 0.5) is 0 Å². The number of hydrogen-bond acceptors (Lipinski definition) is 2. The maximum absolute atomic E-state index is 11.3. The Balaban J connectivity index is 2.24. The third-order valence-corrected chi connectivity index (χ3v) is 3.91. The van der Waals surface area contributed by atoms with Gasteiger partial charge < -0.3 is 4.74 Å². The van der Waals surface area contributed by atoms with Gasteiger partial charge in [-0.2, -0.15) is 0 Å². The van der Waals surface area contributed by atoms with Gasteiger partial charge in [0.2, 0.25) is 0 Å². The second-order valence-corrected chi connectivity index (χ2v) is 5.36. The first-order chi connectivity index (χ1) is 9.81. The van der Waals surface area contributed by atoms with E-state index in [2.05, 4.69) is 6.07 Å². The molecule has 0 bridgehead atoms. The number of methoxy groups -OCH3 is 1. The van der Waals surface area contributed by atoms with E-state index in [9.17, 15) is 4.57 Å². The van der Waals surface area contributed by atoms with E-state index in [1.807, 2.05) is 54.6 Å². The number of rotatable bonds is 3. The van der Waals surface area contributed by atoms with E-state index in [-0.39, 0.29) is 0 Å². The summed E-state index contributed by atoms with van der Waals surface area (Å²) in [5.41, 5.74) is 2.20. The molecule has 20 heavy (non-hydrogen) atoms. The topological polar surface area (TPSA) is 26.3 Å². The molecule has 2 nitrogen and oxygen atoms in total. The molecule has 3 aromatic rings. The molecule has 3 rings (SSSR count). The normalized spacial score (nSPS) is 10.8. The van der Waals surface area contributed by atoms with Crippen LogP contribution in [0.1, 0.15) is 0 Å². The molecule has 0 N–H and O–H groups in total. The van der Waals surface area contributed by atoms with Crippen molar-refractivity contribution in [3.05, 3.63) is 60.7 Å². The van der Waals surface area contributed by atoms with Crippen molar-refractivity contribution in [3.63, 3.8) is 0 Å². The van der Waals surface area contributed by atoms with Gasteiger partial charge in [0.15, 0.2) is 5.30 Å². The van der Waals surface area contributed by atoms with Gasteiger partial charge >= 0.3 is 8.46 Å². The fraction of sp³-hybridized carbons (Fsp3) is 0.0588. The van der Waals surface area contributed by atoms with Crippen molar-refractivity contribution in [1.29, 1.82) is 0 Å². The predicted molar refractivity (Wildman–Crippen MR) is 84.6 cm³/mol. The number of hydrogen-bond donors (Lipinski definition) is 0. The molecule has 0 spiro atoms. The minimum atomic E-state index is -0.442. The zero-order chi connectivity index (χ0) is 13.9. The van der Waals surface area contributed by atoms with Crippen molar-refractivity contribution < 1.29 is 9.30 Å². The predicted octanol–water partition coefficient (Wildman–Crippen LogP) is 4.16. The average Bonchev–Trinajstić information content (AvgIpc) is 2.54. The molecule has 98 valence electrons. The maximum Gasteiger partial charge on any atom is 0.363 e. The van der Waals surface area contributed by atoms with Gasteiger partial charge in [0.05, 0.1) is 7.11 Å². The van der Waals surface area contributed by atoms with Crippen LogP contribution in [-0.2, 0) is 4.57 Å².